The van der Waals surface area contributed by atoms with E-state index in [0.29, 0.717) is 18.3 Å². The normalized spacial score (nSPS) is 17.5. The lowest BCUT2D eigenvalue weighted by Crippen LogP contribution is -2.29. The maximum atomic E-state index is 13.4. The molecule has 1 saturated heterocycles. The second-order valence-corrected chi connectivity index (χ2v) is 9.04. The summed E-state index contributed by atoms with van der Waals surface area (Å²) in [6.07, 6.45) is -4.68. The second-order valence-electron chi connectivity index (χ2n) is 9.04. The molecule has 4 rings (SSSR count). The highest BCUT2D eigenvalue weighted by Crippen LogP contribution is 2.44. The molecule has 0 saturated carbocycles. The molecule has 1 atom stereocenters. The fraction of sp³-hybridized carbons (Fsp3) is 0.214. The summed E-state index contributed by atoms with van der Waals surface area (Å²) in [4.78, 5) is 27.2. The van der Waals surface area contributed by atoms with Gasteiger partial charge in [0.1, 0.15) is 17.3 Å². The number of ketones is 1. The summed E-state index contributed by atoms with van der Waals surface area (Å²) in [5, 5.41) is 21.2. The lowest BCUT2D eigenvalue weighted by atomic mass is 9.95. The average molecular weight is 511 g/mol. The van der Waals surface area contributed by atoms with E-state index in [1.807, 2.05) is 13.8 Å². The van der Waals surface area contributed by atoms with E-state index in [1.165, 1.54) is 42.5 Å². The van der Waals surface area contributed by atoms with Gasteiger partial charge in [-0.2, -0.15) is 13.2 Å². The van der Waals surface area contributed by atoms with Crippen LogP contribution in [-0.2, 0) is 15.8 Å². The average Bonchev–Trinajstić information content (AvgIpc) is 3.12. The molecular weight excluding hydrogens is 487 g/mol. The lowest BCUT2D eigenvalue weighted by molar-refractivity contribution is -0.137. The van der Waals surface area contributed by atoms with Crippen LogP contribution in [0.2, 0.25) is 0 Å². The van der Waals surface area contributed by atoms with Crippen molar-refractivity contribution in [2.24, 2.45) is 5.92 Å². The SMILES string of the molecule is CC(C)COc1ccc(/C(O)=C2\C(=O)C(=O)N(c3cccc(C(F)(F)F)c3)C2c2cccc(O)c2)cc1. The maximum Gasteiger partial charge on any atom is 0.416 e. The number of Topliss-reactive ketones (excluding diaryl/α,β-unsaturated/α-hetero) is 1. The molecule has 0 aliphatic carbocycles. The van der Waals surface area contributed by atoms with Crippen LogP contribution in [0.3, 0.4) is 0 Å². The van der Waals surface area contributed by atoms with Gasteiger partial charge in [0.15, 0.2) is 0 Å². The number of phenolic OH excluding ortho intramolecular Hbond substituents is 1. The van der Waals surface area contributed by atoms with Gasteiger partial charge < -0.3 is 14.9 Å². The first-order valence-electron chi connectivity index (χ1n) is 11.5. The first kappa shape index (κ1) is 25.8. The number of aromatic hydroxyl groups is 1. The maximum absolute atomic E-state index is 13.4. The topological polar surface area (TPSA) is 87.1 Å². The first-order valence-corrected chi connectivity index (χ1v) is 11.5. The molecule has 3 aromatic carbocycles. The van der Waals surface area contributed by atoms with Crippen LogP contribution < -0.4 is 9.64 Å². The molecule has 1 aliphatic heterocycles. The number of phenols is 1. The van der Waals surface area contributed by atoms with Gasteiger partial charge in [-0.3, -0.25) is 14.5 Å². The molecule has 37 heavy (non-hydrogen) atoms. The molecule has 0 aromatic heterocycles. The number of nitrogens with zero attached hydrogens (tertiary/aromatic N) is 1. The van der Waals surface area contributed by atoms with Gasteiger partial charge in [-0.25, -0.2) is 0 Å². The number of amides is 1. The zero-order valence-electron chi connectivity index (χ0n) is 20.0. The van der Waals surface area contributed by atoms with Gasteiger partial charge in [-0.15, -0.1) is 0 Å². The van der Waals surface area contributed by atoms with Gasteiger partial charge in [0.25, 0.3) is 11.7 Å². The minimum Gasteiger partial charge on any atom is -0.508 e. The van der Waals surface area contributed by atoms with Crippen molar-refractivity contribution in [3.05, 3.63) is 95.1 Å². The number of hydrogen-bond acceptors (Lipinski definition) is 5. The van der Waals surface area contributed by atoms with E-state index >= 15 is 0 Å². The van der Waals surface area contributed by atoms with E-state index in [9.17, 15) is 33.0 Å². The minimum atomic E-state index is -4.68. The Kier molecular flexibility index (Phi) is 6.98. The van der Waals surface area contributed by atoms with Crippen LogP contribution in [0.15, 0.2) is 78.4 Å². The number of halogens is 3. The molecule has 192 valence electrons. The largest absolute Gasteiger partial charge is 0.508 e. The van der Waals surface area contributed by atoms with E-state index in [-0.39, 0.29) is 28.1 Å². The molecule has 0 bridgehead atoms. The number of alkyl halides is 3. The van der Waals surface area contributed by atoms with Crippen LogP contribution in [0.4, 0.5) is 18.9 Å². The summed E-state index contributed by atoms with van der Waals surface area (Å²) < 4.78 is 45.8. The molecule has 3 aromatic rings. The molecule has 1 fully saturated rings. The Balaban J connectivity index is 1.85. The van der Waals surface area contributed by atoms with Crippen LogP contribution in [-0.4, -0.2) is 28.5 Å². The van der Waals surface area contributed by atoms with Crippen molar-refractivity contribution in [1.82, 2.24) is 0 Å². The van der Waals surface area contributed by atoms with E-state index in [2.05, 4.69) is 0 Å². The summed E-state index contributed by atoms with van der Waals surface area (Å²) in [7, 11) is 0. The van der Waals surface area contributed by atoms with E-state index in [4.69, 9.17) is 4.74 Å². The number of hydrogen-bond donors (Lipinski definition) is 2. The predicted molar refractivity (Wildman–Crippen MR) is 131 cm³/mol. The Labute approximate surface area is 211 Å². The second kappa shape index (κ2) is 10.0. The molecule has 1 heterocycles. The molecule has 1 unspecified atom stereocenters. The van der Waals surface area contributed by atoms with Gasteiger partial charge >= 0.3 is 6.18 Å². The number of carbonyl (C=O) groups is 2. The van der Waals surface area contributed by atoms with Crippen molar-refractivity contribution in [3.8, 4) is 11.5 Å². The summed E-state index contributed by atoms with van der Waals surface area (Å²) in [6, 6.07) is 14.6. The highest BCUT2D eigenvalue weighted by atomic mass is 19.4. The minimum absolute atomic E-state index is 0.179. The molecular formula is C28H24F3NO5. The summed E-state index contributed by atoms with van der Waals surface area (Å²) in [5.41, 5.74) is -1.05. The number of rotatable bonds is 6. The molecule has 2 N–H and O–H groups in total. The highest BCUT2D eigenvalue weighted by Gasteiger charge is 2.47. The molecule has 1 aliphatic rings. The van der Waals surface area contributed by atoms with Gasteiger partial charge in [0, 0.05) is 11.3 Å². The third kappa shape index (κ3) is 5.30. The van der Waals surface area contributed by atoms with Crippen molar-refractivity contribution < 1.29 is 37.7 Å². The Hall–Kier alpha value is -4.27. The van der Waals surface area contributed by atoms with Crippen LogP contribution in [0.1, 0.15) is 36.6 Å². The third-order valence-corrected chi connectivity index (χ3v) is 5.79. The van der Waals surface area contributed by atoms with E-state index in [0.717, 1.165) is 23.1 Å². The molecule has 9 heteroatoms. The smallest absolute Gasteiger partial charge is 0.416 e. The van der Waals surface area contributed by atoms with Gasteiger partial charge in [-0.05, 0) is 66.1 Å². The van der Waals surface area contributed by atoms with Crippen molar-refractivity contribution >= 4 is 23.1 Å². The zero-order valence-corrected chi connectivity index (χ0v) is 20.0. The van der Waals surface area contributed by atoms with Crippen LogP contribution in [0.25, 0.3) is 5.76 Å². The first-order chi connectivity index (χ1) is 17.5. The van der Waals surface area contributed by atoms with E-state index in [1.54, 1.807) is 12.1 Å². The molecule has 0 spiro atoms. The summed E-state index contributed by atoms with van der Waals surface area (Å²) in [5.74, 6) is -2.02. The van der Waals surface area contributed by atoms with Crippen molar-refractivity contribution in [2.75, 3.05) is 11.5 Å². The summed E-state index contributed by atoms with van der Waals surface area (Å²) >= 11 is 0. The standard InChI is InChI=1S/C28H24F3NO5/c1-16(2)15-37-22-11-9-17(10-12-22)25(34)23-24(18-5-3-8-21(33)13-18)32(27(36)26(23)35)20-7-4-6-19(14-20)28(29,30)31/h3-14,16,24,33-34H,15H2,1-2H3/b25-23+. The van der Waals surface area contributed by atoms with Crippen molar-refractivity contribution in [1.29, 1.82) is 0 Å². The van der Waals surface area contributed by atoms with Gasteiger partial charge in [0.05, 0.1) is 23.8 Å². The number of aliphatic hydroxyl groups excluding tert-OH is 1. The summed E-state index contributed by atoms with van der Waals surface area (Å²) in [6.45, 7) is 4.46. The number of carbonyl (C=O) groups excluding carboxylic acids is 2. The van der Waals surface area contributed by atoms with Crippen molar-refractivity contribution in [2.45, 2.75) is 26.1 Å². The Morgan fingerprint density at radius 3 is 2.30 bits per heavy atom. The fourth-order valence-corrected chi connectivity index (χ4v) is 4.07. The number of anilines is 1. The van der Waals surface area contributed by atoms with E-state index < -0.39 is 35.2 Å². The van der Waals surface area contributed by atoms with Crippen LogP contribution in [0.5, 0.6) is 11.5 Å². The van der Waals surface area contributed by atoms with Gasteiger partial charge in [0.2, 0.25) is 0 Å². The van der Waals surface area contributed by atoms with Crippen LogP contribution >= 0.6 is 0 Å². The monoisotopic (exact) mass is 511 g/mol. The zero-order chi connectivity index (χ0) is 26.9. The Bertz CT molecular complexity index is 1360. The van der Waals surface area contributed by atoms with Crippen molar-refractivity contribution in [3.63, 3.8) is 0 Å². The molecule has 1 amide bonds. The third-order valence-electron chi connectivity index (χ3n) is 5.79. The quantitative estimate of drug-likeness (QED) is 0.238. The van der Waals surface area contributed by atoms with Crippen LogP contribution in [0, 0.1) is 5.92 Å². The number of aliphatic hydroxyl groups is 1. The number of ether oxygens (including phenoxy) is 1. The van der Waals surface area contributed by atoms with Gasteiger partial charge in [-0.1, -0.05) is 32.0 Å². The fourth-order valence-electron chi connectivity index (χ4n) is 4.07. The lowest BCUT2D eigenvalue weighted by Gasteiger charge is -2.26. The number of benzene rings is 3. The predicted octanol–water partition coefficient (Wildman–Crippen LogP) is 6.07. The Morgan fingerprint density at radius 2 is 1.68 bits per heavy atom. The Morgan fingerprint density at radius 1 is 1.00 bits per heavy atom. The molecule has 6 nitrogen and oxygen atoms in total. The molecule has 0 radical (unpaired) electrons. The highest BCUT2D eigenvalue weighted by molar-refractivity contribution is 6.51.